The third kappa shape index (κ3) is 6.12. The Labute approximate surface area is 72.8 Å². The molecule has 0 rings (SSSR count). The van der Waals surface area contributed by atoms with Crippen LogP contribution in [0.2, 0.25) is 0 Å². The van der Waals surface area contributed by atoms with Gasteiger partial charge in [-0.25, -0.2) is 0 Å². The SMILES string of the molecule is CCOC(=O)C[C@H](C)OCOC. The van der Waals surface area contributed by atoms with Crippen LogP contribution in [0.5, 0.6) is 0 Å². The van der Waals surface area contributed by atoms with E-state index in [9.17, 15) is 4.79 Å². The molecule has 0 fully saturated rings. The van der Waals surface area contributed by atoms with Gasteiger partial charge >= 0.3 is 5.97 Å². The quantitative estimate of drug-likeness (QED) is 0.446. The zero-order valence-corrected chi connectivity index (χ0v) is 7.83. The molecule has 0 saturated carbocycles. The topological polar surface area (TPSA) is 44.8 Å². The minimum Gasteiger partial charge on any atom is -0.466 e. The number of rotatable bonds is 6. The lowest BCUT2D eigenvalue weighted by Crippen LogP contribution is -2.17. The molecule has 0 bridgehead atoms. The Kier molecular flexibility index (Phi) is 6.70. The van der Waals surface area contributed by atoms with Gasteiger partial charge in [0, 0.05) is 7.11 Å². The van der Waals surface area contributed by atoms with E-state index >= 15 is 0 Å². The summed E-state index contributed by atoms with van der Waals surface area (Å²) in [6, 6.07) is 0. The first-order valence-corrected chi connectivity index (χ1v) is 3.96. The first-order valence-electron chi connectivity index (χ1n) is 3.96. The van der Waals surface area contributed by atoms with Crippen LogP contribution >= 0.6 is 0 Å². The Bertz CT molecular complexity index is 124. The second-order valence-electron chi connectivity index (χ2n) is 2.39. The molecule has 0 heterocycles. The van der Waals surface area contributed by atoms with Crippen LogP contribution in [0.4, 0.5) is 0 Å². The molecule has 0 aromatic rings. The van der Waals surface area contributed by atoms with Gasteiger partial charge in [-0.15, -0.1) is 0 Å². The number of carbonyl (C=O) groups excluding carboxylic acids is 1. The molecule has 0 aromatic heterocycles. The Morgan fingerprint density at radius 1 is 1.50 bits per heavy atom. The molecule has 0 amide bonds. The molecule has 4 heteroatoms. The van der Waals surface area contributed by atoms with E-state index in [0.29, 0.717) is 6.61 Å². The molecule has 0 spiro atoms. The van der Waals surface area contributed by atoms with Crippen molar-refractivity contribution in [2.24, 2.45) is 0 Å². The maximum Gasteiger partial charge on any atom is 0.308 e. The lowest BCUT2D eigenvalue weighted by Gasteiger charge is -2.10. The van der Waals surface area contributed by atoms with Crippen LogP contribution in [0.1, 0.15) is 20.3 Å². The van der Waals surface area contributed by atoms with Crippen molar-refractivity contribution in [2.75, 3.05) is 20.5 Å². The van der Waals surface area contributed by atoms with Gasteiger partial charge in [0.2, 0.25) is 0 Å². The van der Waals surface area contributed by atoms with Crippen LogP contribution in [0.15, 0.2) is 0 Å². The van der Waals surface area contributed by atoms with E-state index in [1.165, 1.54) is 7.11 Å². The molecule has 0 unspecified atom stereocenters. The number of esters is 1. The number of hydrogen-bond acceptors (Lipinski definition) is 4. The van der Waals surface area contributed by atoms with E-state index < -0.39 is 0 Å². The van der Waals surface area contributed by atoms with Crippen LogP contribution < -0.4 is 0 Å². The van der Waals surface area contributed by atoms with Crippen LogP contribution in [-0.2, 0) is 19.0 Å². The van der Waals surface area contributed by atoms with Gasteiger partial charge < -0.3 is 14.2 Å². The summed E-state index contributed by atoms with van der Waals surface area (Å²) in [7, 11) is 1.54. The molecule has 4 nitrogen and oxygen atoms in total. The Hall–Kier alpha value is -0.610. The molecule has 0 N–H and O–H groups in total. The molecule has 0 radical (unpaired) electrons. The normalized spacial score (nSPS) is 12.6. The van der Waals surface area contributed by atoms with Crippen molar-refractivity contribution < 1.29 is 19.0 Å². The Morgan fingerprint density at radius 3 is 2.67 bits per heavy atom. The van der Waals surface area contributed by atoms with Crippen molar-refractivity contribution in [2.45, 2.75) is 26.4 Å². The van der Waals surface area contributed by atoms with Crippen LogP contribution in [0, 0.1) is 0 Å². The highest BCUT2D eigenvalue weighted by Gasteiger charge is 2.09. The van der Waals surface area contributed by atoms with Gasteiger partial charge in [-0.3, -0.25) is 4.79 Å². The molecule has 0 aromatic carbocycles. The molecule has 1 atom stereocenters. The molecule has 0 aliphatic rings. The van der Waals surface area contributed by atoms with Crippen molar-refractivity contribution in [1.82, 2.24) is 0 Å². The summed E-state index contributed by atoms with van der Waals surface area (Å²) in [6.45, 7) is 4.20. The highest BCUT2D eigenvalue weighted by molar-refractivity contribution is 5.69. The van der Waals surface area contributed by atoms with Gasteiger partial charge in [0.25, 0.3) is 0 Å². The number of methoxy groups -OCH3 is 1. The molecular formula is C8H16O4. The van der Waals surface area contributed by atoms with Gasteiger partial charge in [-0.1, -0.05) is 0 Å². The first kappa shape index (κ1) is 11.4. The van der Waals surface area contributed by atoms with Gasteiger partial charge in [0.15, 0.2) is 0 Å². The summed E-state index contributed by atoms with van der Waals surface area (Å²) in [5.41, 5.74) is 0. The van der Waals surface area contributed by atoms with Gasteiger partial charge in [-0.2, -0.15) is 0 Å². The number of carbonyl (C=O) groups is 1. The van der Waals surface area contributed by atoms with E-state index in [4.69, 9.17) is 9.47 Å². The standard InChI is InChI=1S/C8H16O4/c1-4-11-8(9)5-7(2)12-6-10-3/h7H,4-6H2,1-3H3/t7-/m0/s1. The van der Waals surface area contributed by atoms with E-state index in [2.05, 4.69) is 4.74 Å². The highest BCUT2D eigenvalue weighted by Crippen LogP contribution is 1.98. The third-order valence-electron chi connectivity index (χ3n) is 1.23. The fourth-order valence-electron chi connectivity index (χ4n) is 0.698. The Morgan fingerprint density at radius 2 is 2.17 bits per heavy atom. The first-order chi connectivity index (χ1) is 5.70. The molecule has 72 valence electrons. The fourth-order valence-corrected chi connectivity index (χ4v) is 0.698. The number of hydrogen-bond donors (Lipinski definition) is 0. The molecule has 0 aliphatic heterocycles. The second kappa shape index (κ2) is 7.06. The highest BCUT2D eigenvalue weighted by atomic mass is 16.7. The summed E-state index contributed by atoms with van der Waals surface area (Å²) in [4.78, 5) is 10.9. The molecule has 0 saturated heterocycles. The summed E-state index contributed by atoms with van der Waals surface area (Å²) in [5.74, 6) is -0.235. The second-order valence-corrected chi connectivity index (χ2v) is 2.39. The summed E-state index contributed by atoms with van der Waals surface area (Å²) < 4.78 is 14.5. The maximum atomic E-state index is 10.9. The largest absolute Gasteiger partial charge is 0.466 e. The van der Waals surface area contributed by atoms with E-state index in [-0.39, 0.29) is 25.3 Å². The van der Waals surface area contributed by atoms with Crippen molar-refractivity contribution in [3.8, 4) is 0 Å². The van der Waals surface area contributed by atoms with Crippen molar-refractivity contribution in [3.63, 3.8) is 0 Å². The smallest absolute Gasteiger partial charge is 0.308 e. The van der Waals surface area contributed by atoms with Crippen LogP contribution in [0.25, 0.3) is 0 Å². The van der Waals surface area contributed by atoms with Crippen molar-refractivity contribution in [1.29, 1.82) is 0 Å². The van der Waals surface area contributed by atoms with E-state index in [0.717, 1.165) is 0 Å². The van der Waals surface area contributed by atoms with Gasteiger partial charge in [0.1, 0.15) is 6.79 Å². The zero-order chi connectivity index (χ0) is 9.40. The lowest BCUT2D eigenvalue weighted by molar-refractivity contribution is -0.148. The van der Waals surface area contributed by atoms with Crippen LogP contribution in [-0.4, -0.2) is 32.6 Å². The predicted octanol–water partition coefficient (Wildman–Crippen LogP) is 0.949. The number of ether oxygens (including phenoxy) is 3. The minimum absolute atomic E-state index is 0.149. The zero-order valence-electron chi connectivity index (χ0n) is 7.83. The average Bonchev–Trinajstić information content (AvgIpc) is 2.01. The predicted molar refractivity (Wildman–Crippen MR) is 43.7 cm³/mol. The monoisotopic (exact) mass is 176 g/mol. The van der Waals surface area contributed by atoms with E-state index in [1.807, 2.05) is 0 Å². The summed E-state index contributed by atoms with van der Waals surface area (Å²) in [6.07, 6.45) is 0.126. The molecule has 12 heavy (non-hydrogen) atoms. The van der Waals surface area contributed by atoms with Gasteiger partial charge in [-0.05, 0) is 13.8 Å². The van der Waals surface area contributed by atoms with Crippen molar-refractivity contribution in [3.05, 3.63) is 0 Å². The lowest BCUT2D eigenvalue weighted by atomic mass is 10.3. The van der Waals surface area contributed by atoms with E-state index in [1.54, 1.807) is 13.8 Å². The summed E-state index contributed by atoms with van der Waals surface area (Å²) in [5, 5.41) is 0. The minimum atomic E-state index is -0.235. The molecular weight excluding hydrogens is 160 g/mol. The van der Waals surface area contributed by atoms with Crippen molar-refractivity contribution >= 4 is 5.97 Å². The summed E-state index contributed by atoms with van der Waals surface area (Å²) >= 11 is 0. The van der Waals surface area contributed by atoms with Crippen LogP contribution in [0.3, 0.4) is 0 Å². The average molecular weight is 176 g/mol. The third-order valence-corrected chi connectivity index (χ3v) is 1.23. The Balaban J connectivity index is 3.40. The van der Waals surface area contributed by atoms with Gasteiger partial charge in [0.05, 0.1) is 19.1 Å². The molecule has 0 aliphatic carbocycles. The maximum absolute atomic E-state index is 10.9. The fraction of sp³-hybridized carbons (Fsp3) is 0.875.